The van der Waals surface area contributed by atoms with Gasteiger partial charge in [-0.1, -0.05) is 47.5 Å². The van der Waals surface area contributed by atoms with Gasteiger partial charge in [-0.15, -0.1) is 0 Å². The highest BCUT2D eigenvalue weighted by atomic mass is 35.5. The van der Waals surface area contributed by atoms with E-state index in [0.29, 0.717) is 10.0 Å². The zero-order valence-corrected chi connectivity index (χ0v) is 18.3. The minimum absolute atomic E-state index is 0.0000997. The van der Waals surface area contributed by atoms with Crippen LogP contribution in [-0.2, 0) is 29.4 Å². The number of nitrogens with one attached hydrogen (secondary N) is 1. The Morgan fingerprint density at radius 1 is 1.10 bits per heavy atom. The van der Waals surface area contributed by atoms with Gasteiger partial charge >= 0.3 is 0 Å². The number of rotatable bonds is 8. The van der Waals surface area contributed by atoms with E-state index in [-0.39, 0.29) is 30.7 Å². The molecule has 2 aromatic carbocycles. The highest BCUT2D eigenvalue weighted by molar-refractivity contribution is 7.89. The molecule has 0 aromatic heterocycles. The van der Waals surface area contributed by atoms with Crippen LogP contribution in [0.2, 0.25) is 10.0 Å². The summed E-state index contributed by atoms with van der Waals surface area (Å²) in [6.07, 6.45) is 2.53. The number of sulfonamides is 1. The van der Waals surface area contributed by atoms with Crippen LogP contribution in [-0.4, -0.2) is 26.9 Å². The average molecular weight is 459 g/mol. The van der Waals surface area contributed by atoms with Crippen molar-refractivity contribution in [3.05, 3.63) is 68.7 Å². The Hall–Kier alpha value is -1.18. The van der Waals surface area contributed by atoms with E-state index in [1.54, 1.807) is 6.07 Å². The van der Waals surface area contributed by atoms with Gasteiger partial charge in [-0.25, -0.2) is 13.1 Å². The fourth-order valence-corrected chi connectivity index (χ4v) is 5.11. The molecule has 0 saturated carbocycles. The van der Waals surface area contributed by atoms with E-state index < -0.39 is 16.7 Å². The number of fused-ring (bicyclic) bond motifs is 1. The monoisotopic (exact) mass is 458 g/mol. The summed E-state index contributed by atoms with van der Waals surface area (Å²) < 4.78 is 38.7. The van der Waals surface area contributed by atoms with Gasteiger partial charge in [-0.3, -0.25) is 4.39 Å². The summed E-state index contributed by atoms with van der Waals surface area (Å²) in [5, 5.41) is 1.04. The topological polar surface area (TPSA) is 72.2 Å². The van der Waals surface area contributed by atoms with Crippen molar-refractivity contribution >= 4 is 33.2 Å². The Bertz CT molecular complexity index is 969. The van der Waals surface area contributed by atoms with Gasteiger partial charge in [0, 0.05) is 18.5 Å². The lowest BCUT2D eigenvalue weighted by Gasteiger charge is -2.32. The van der Waals surface area contributed by atoms with Crippen molar-refractivity contribution in [2.75, 3.05) is 12.4 Å². The van der Waals surface area contributed by atoms with E-state index in [9.17, 15) is 12.8 Å². The molecule has 0 aliphatic heterocycles. The minimum Gasteiger partial charge on any atom is -0.327 e. The number of aryl methyl sites for hydroxylation is 1. The highest BCUT2D eigenvalue weighted by Crippen LogP contribution is 2.35. The Kier molecular flexibility index (Phi) is 7.57. The highest BCUT2D eigenvalue weighted by Gasteiger charge is 2.27. The number of halogens is 3. The van der Waals surface area contributed by atoms with Crippen molar-refractivity contribution in [3.63, 3.8) is 0 Å². The maximum Gasteiger partial charge on any atom is 0.211 e. The van der Waals surface area contributed by atoms with Gasteiger partial charge in [0.2, 0.25) is 10.0 Å². The lowest BCUT2D eigenvalue weighted by molar-refractivity contribution is 0.467. The fourth-order valence-electron chi connectivity index (χ4n) is 3.77. The van der Waals surface area contributed by atoms with Crippen LogP contribution in [0.15, 0.2) is 36.4 Å². The first-order valence-electron chi connectivity index (χ1n) is 9.63. The standard InChI is InChI=1S/C21H25Cl2FN2O2S/c22-19-6-3-14(12-20(19)23)10-18-17-11-15(2-4-16(17)5-7-21(18)25)13-26-29(27,28)9-1-8-24/h2-4,6,11-12,18,21,26H,1,5,7-10,13,25H2. The second kappa shape index (κ2) is 9.75. The SMILES string of the molecule is NC1CCc2ccc(CNS(=O)(=O)CCCF)cc2C1Cc1ccc(Cl)c(Cl)c1. The van der Waals surface area contributed by atoms with Gasteiger partial charge in [0.25, 0.3) is 0 Å². The first kappa shape index (κ1) is 22.5. The number of benzene rings is 2. The van der Waals surface area contributed by atoms with Gasteiger partial charge in [0.15, 0.2) is 0 Å². The number of hydrogen-bond acceptors (Lipinski definition) is 3. The van der Waals surface area contributed by atoms with Crippen LogP contribution in [0.3, 0.4) is 0 Å². The molecule has 4 nitrogen and oxygen atoms in total. The van der Waals surface area contributed by atoms with Crippen LogP contribution in [0.1, 0.15) is 41.0 Å². The molecule has 0 heterocycles. The first-order chi connectivity index (χ1) is 13.8. The smallest absolute Gasteiger partial charge is 0.211 e. The zero-order chi connectivity index (χ0) is 21.0. The maximum absolute atomic E-state index is 12.3. The van der Waals surface area contributed by atoms with Crippen LogP contribution in [0.5, 0.6) is 0 Å². The minimum atomic E-state index is -3.49. The van der Waals surface area contributed by atoms with Crippen LogP contribution >= 0.6 is 23.2 Å². The van der Waals surface area contributed by atoms with Crippen LogP contribution in [0.4, 0.5) is 4.39 Å². The van der Waals surface area contributed by atoms with Crippen molar-refractivity contribution in [1.29, 1.82) is 0 Å². The van der Waals surface area contributed by atoms with Crippen molar-refractivity contribution in [2.24, 2.45) is 5.73 Å². The van der Waals surface area contributed by atoms with Gasteiger partial charge in [0.1, 0.15) is 0 Å². The van der Waals surface area contributed by atoms with Gasteiger partial charge in [-0.05, 0) is 60.1 Å². The second-order valence-electron chi connectivity index (χ2n) is 7.48. The molecule has 29 heavy (non-hydrogen) atoms. The summed E-state index contributed by atoms with van der Waals surface area (Å²) in [4.78, 5) is 0. The number of nitrogens with two attached hydrogens (primary N) is 1. The maximum atomic E-state index is 12.3. The predicted molar refractivity (Wildman–Crippen MR) is 117 cm³/mol. The summed E-state index contributed by atoms with van der Waals surface area (Å²) >= 11 is 12.2. The summed E-state index contributed by atoms with van der Waals surface area (Å²) in [6.45, 7) is -0.468. The molecule has 0 radical (unpaired) electrons. The van der Waals surface area contributed by atoms with Crippen LogP contribution < -0.4 is 10.5 Å². The molecule has 8 heteroatoms. The van der Waals surface area contributed by atoms with E-state index in [1.165, 1.54) is 5.56 Å². The molecule has 3 rings (SSSR count). The zero-order valence-electron chi connectivity index (χ0n) is 16.0. The molecule has 0 saturated heterocycles. The number of alkyl halides is 1. The molecule has 1 aliphatic carbocycles. The van der Waals surface area contributed by atoms with Gasteiger partial charge < -0.3 is 5.73 Å². The summed E-state index contributed by atoms with van der Waals surface area (Å²) in [5.74, 6) is -0.0988. The lowest BCUT2D eigenvalue weighted by atomic mass is 9.76. The van der Waals surface area contributed by atoms with E-state index in [0.717, 1.165) is 36.0 Å². The van der Waals surface area contributed by atoms with E-state index in [1.807, 2.05) is 30.3 Å². The van der Waals surface area contributed by atoms with Crippen LogP contribution in [0.25, 0.3) is 0 Å². The molecule has 0 amide bonds. The molecule has 2 aromatic rings. The third kappa shape index (κ3) is 5.92. The predicted octanol–water partition coefficient (Wildman–Crippen LogP) is 4.37. The summed E-state index contributed by atoms with van der Waals surface area (Å²) in [6, 6.07) is 11.6. The second-order valence-corrected chi connectivity index (χ2v) is 10.2. The number of hydrogen-bond donors (Lipinski definition) is 2. The quantitative estimate of drug-likeness (QED) is 0.616. The third-order valence-electron chi connectivity index (χ3n) is 5.36. The average Bonchev–Trinajstić information content (AvgIpc) is 2.70. The lowest BCUT2D eigenvalue weighted by Crippen LogP contribution is -2.34. The molecular weight excluding hydrogens is 434 g/mol. The molecule has 0 spiro atoms. The molecule has 2 atom stereocenters. The molecule has 0 fully saturated rings. The van der Waals surface area contributed by atoms with Gasteiger partial charge in [0.05, 0.1) is 22.5 Å². The fraction of sp³-hybridized carbons (Fsp3) is 0.429. The molecule has 0 bridgehead atoms. The third-order valence-corrected chi connectivity index (χ3v) is 7.51. The van der Waals surface area contributed by atoms with E-state index >= 15 is 0 Å². The molecule has 1 aliphatic rings. The van der Waals surface area contributed by atoms with Crippen molar-refractivity contribution in [2.45, 2.75) is 44.2 Å². The molecule has 2 unspecified atom stereocenters. The van der Waals surface area contributed by atoms with Crippen molar-refractivity contribution in [1.82, 2.24) is 4.72 Å². The van der Waals surface area contributed by atoms with Gasteiger partial charge in [-0.2, -0.15) is 0 Å². The largest absolute Gasteiger partial charge is 0.327 e. The Labute approximate surface area is 181 Å². The van der Waals surface area contributed by atoms with E-state index in [4.69, 9.17) is 28.9 Å². The normalized spacial score (nSPS) is 19.2. The van der Waals surface area contributed by atoms with Crippen LogP contribution in [0, 0.1) is 0 Å². The Balaban J connectivity index is 1.79. The molecule has 158 valence electrons. The van der Waals surface area contributed by atoms with Crippen molar-refractivity contribution < 1.29 is 12.8 Å². The summed E-state index contributed by atoms with van der Waals surface area (Å²) in [7, 11) is -3.49. The first-order valence-corrected chi connectivity index (χ1v) is 12.0. The summed E-state index contributed by atoms with van der Waals surface area (Å²) in [5.41, 5.74) is 10.8. The molecular formula is C21H25Cl2FN2O2S. The Morgan fingerprint density at radius 3 is 2.59 bits per heavy atom. The van der Waals surface area contributed by atoms with E-state index in [2.05, 4.69) is 4.72 Å². The van der Waals surface area contributed by atoms with Crippen molar-refractivity contribution in [3.8, 4) is 0 Å². The molecule has 3 N–H and O–H groups in total. The Morgan fingerprint density at radius 2 is 1.86 bits per heavy atom.